The Morgan fingerprint density at radius 2 is 1.28 bits per heavy atom. The second kappa shape index (κ2) is 18.9. The number of carboxylic acid groups (broad SMARTS) is 1. The van der Waals surface area contributed by atoms with Gasteiger partial charge in [-0.3, -0.25) is 9.59 Å². The van der Waals surface area contributed by atoms with Gasteiger partial charge in [0.1, 0.15) is 30.3 Å². The molecule has 0 fully saturated rings. The van der Waals surface area contributed by atoms with Crippen LogP contribution in [0.3, 0.4) is 0 Å². The molecule has 0 spiro atoms. The molecule has 4 rings (SSSR count). The molecule has 3 atom stereocenters. The third-order valence-corrected chi connectivity index (χ3v) is 8.78. The summed E-state index contributed by atoms with van der Waals surface area (Å²) in [6, 6.07) is 21.8. The normalized spacial score (nSPS) is 13.8. The average Bonchev–Trinajstić information content (AvgIpc) is 3.42. The first-order valence-electron chi connectivity index (χ1n) is 18.2. The number of hydrogen-bond acceptors (Lipinski definition) is 7. The van der Waals surface area contributed by atoms with Gasteiger partial charge in [0.2, 0.25) is 11.8 Å². The number of nitrogens with one attached hydrogen (secondary N) is 4. The summed E-state index contributed by atoms with van der Waals surface area (Å²) in [5, 5.41) is 20.4. The summed E-state index contributed by atoms with van der Waals surface area (Å²) >= 11 is 0. The van der Waals surface area contributed by atoms with Crippen molar-refractivity contribution in [3.8, 4) is 11.1 Å². The van der Waals surface area contributed by atoms with Gasteiger partial charge < -0.3 is 35.8 Å². The van der Waals surface area contributed by atoms with E-state index in [9.17, 15) is 29.1 Å². The fourth-order valence-electron chi connectivity index (χ4n) is 6.33. The lowest BCUT2D eigenvalue weighted by atomic mass is 9.98. The molecule has 3 aromatic rings. The van der Waals surface area contributed by atoms with Crippen LogP contribution >= 0.6 is 0 Å². The maximum atomic E-state index is 13.7. The average molecular weight is 729 g/mol. The summed E-state index contributed by atoms with van der Waals surface area (Å²) in [6.07, 6.45) is -0.00496. The SMILES string of the molecule is CC(C)C[C@H](NC(=O)[C@H](Cc1ccccc1)NC(=O)[C@H](CCCCNC(=O)OCC1c2ccccc2-c2ccccc21)NC(=O)OC(C)(C)C)C(=O)O. The van der Waals surface area contributed by atoms with E-state index in [-0.39, 0.29) is 44.2 Å². The van der Waals surface area contributed by atoms with Gasteiger partial charge in [-0.25, -0.2) is 14.4 Å². The Kier molecular flexibility index (Phi) is 14.4. The van der Waals surface area contributed by atoms with Crippen molar-refractivity contribution in [1.29, 1.82) is 0 Å². The number of aliphatic carboxylic acids is 1. The minimum Gasteiger partial charge on any atom is -0.480 e. The first-order valence-corrected chi connectivity index (χ1v) is 18.2. The van der Waals surface area contributed by atoms with Crippen LogP contribution in [-0.4, -0.2) is 72.0 Å². The van der Waals surface area contributed by atoms with Crippen LogP contribution in [0.25, 0.3) is 11.1 Å². The van der Waals surface area contributed by atoms with Gasteiger partial charge in [0.25, 0.3) is 0 Å². The first kappa shape index (κ1) is 40.4. The molecule has 5 N–H and O–H groups in total. The third kappa shape index (κ3) is 12.4. The zero-order chi connectivity index (χ0) is 38.5. The van der Waals surface area contributed by atoms with Crippen molar-refractivity contribution in [2.75, 3.05) is 13.2 Å². The zero-order valence-corrected chi connectivity index (χ0v) is 31.1. The Bertz CT molecular complexity index is 1680. The van der Waals surface area contributed by atoms with Crippen LogP contribution in [0, 0.1) is 5.92 Å². The Balaban J connectivity index is 1.35. The number of carbonyl (C=O) groups is 5. The van der Waals surface area contributed by atoms with Gasteiger partial charge in [-0.15, -0.1) is 0 Å². The van der Waals surface area contributed by atoms with E-state index in [2.05, 4.69) is 45.5 Å². The van der Waals surface area contributed by atoms with Gasteiger partial charge in [-0.1, -0.05) is 92.7 Å². The molecular weight excluding hydrogens is 676 g/mol. The molecule has 4 amide bonds. The number of rotatable bonds is 17. The summed E-state index contributed by atoms with van der Waals surface area (Å²) in [4.78, 5) is 64.6. The van der Waals surface area contributed by atoms with Crippen LogP contribution in [-0.2, 0) is 30.3 Å². The van der Waals surface area contributed by atoms with Crippen LogP contribution in [0.2, 0.25) is 0 Å². The van der Waals surface area contributed by atoms with Gasteiger partial charge >= 0.3 is 18.2 Å². The van der Waals surface area contributed by atoms with Crippen molar-refractivity contribution in [2.24, 2.45) is 5.92 Å². The summed E-state index contributed by atoms with van der Waals surface area (Å²) < 4.78 is 11.0. The van der Waals surface area contributed by atoms with E-state index in [4.69, 9.17) is 9.47 Å². The second-order valence-corrected chi connectivity index (χ2v) is 14.7. The molecule has 0 radical (unpaired) electrons. The van der Waals surface area contributed by atoms with Crippen molar-refractivity contribution in [2.45, 2.75) is 96.4 Å². The van der Waals surface area contributed by atoms with Gasteiger partial charge in [0, 0.05) is 18.9 Å². The summed E-state index contributed by atoms with van der Waals surface area (Å²) in [5.41, 5.74) is 4.43. The summed E-state index contributed by atoms with van der Waals surface area (Å²) in [6.45, 7) is 9.26. The third-order valence-electron chi connectivity index (χ3n) is 8.78. The van der Waals surface area contributed by atoms with E-state index in [0.29, 0.717) is 12.8 Å². The Labute approximate surface area is 311 Å². The molecule has 53 heavy (non-hydrogen) atoms. The van der Waals surface area contributed by atoms with Gasteiger partial charge in [-0.2, -0.15) is 0 Å². The van der Waals surface area contributed by atoms with Gasteiger partial charge in [0.05, 0.1) is 0 Å². The lowest BCUT2D eigenvalue weighted by Gasteiger charge is -2.26. The smallest absolute Gasteiger partial charge is 0.408 e. The molecule has 0 aromatic heterocycles. The number of amides is 4. The number of carboxylic acids is 1. The molecule has 0 bridgehead atoms. The standard InChI is InChI=1S/C41H52N4O8/c1-26(2)23-35(38(48)49)44-37(47)34(24-27-15-7-6-8-16-27)43-36(46)33(45-40(51)53-41(3,4)5)21-13-14-22-42-39(50)52-25-32-30-19-11-9-17-28(30)29-18-10-12-20-31(29)32/h6-12,15-20,26,32-35H,13-14,21-25H2,1-5H3,(H,42,50)(H,43,46)(H,44,47)(H,45,51)(H,48,49)/t33-,34-,35-/m0/s1. The van der Waals surface area contributed by atoms with E-state index in [1.54, 1.807) is 45.0 Å². The molecule has 0 aliphatic heterocycles. The number of ether oxygens (including phenoxy) is 2. The van der Waals surface area contributed by atoms with E-state index >= 15 is 0 Å². The maximum Gasteiger partial charge on any atom is 0.408 e. The molecular formula is C41H52N4O8. The fourth-order valence-corrected chi connectivity index (χ4v) is 6.33. The highest BCUT2D eigenvalue weighted by Crippen LogP contribution is 2.44. The van der Waals surface area contributed by atoms with Crippen molar-refractivity contribution in [1.82, 2.24) is 21.3 Å². The number of unbranched alkanes of at least 4 members (excludes halogenated alkanes) is 1. The van der Waals surface area contributed by atoms with Gasteiger partial charge in [0.15, 0.2) is 0 Å². The van der Waals surface area contributed by atoms with Crippen molar-refractivity contribution in [3.05, 3.63) is 95.6 Å². The first-order chi connectivity index (χ1) is 25.2. The summed E-state index contributed by atoms with van der Waals surface area (Å²) in [7, 11) is 0. The van der Waals surface area contributed by atoms with E-state index < -0.39 is 53.7 Å². The predicted molar refractivity (Wildman–Crippen MR) is 201 cm³/mol. The molecule has 0 saturated heterocycles. The lowest BCUT2D eigenvalue weighted by Crippen LogP contribution is -2.56. The monoisotopic (exact) mass is 728 g/mol. The summed E-state index contributed by atoms with van der Waals surface area (Å²) in [5.74, 6) is -2.53. The molecule has 0 heterocycles. The van der Waals surface area contributed by atoms with Crippen LogP contribution in [0.5, 0.6) is 0 Å². The lowest BCUT2D eigenvalue weighted by molar-refractivity contribution is -0.142. The number of fused-ring (bicyclic) bond motifs is 3. The van der Waals surface area contributed by atoms with E-state index in [1.165, 1.54) is 0 Å². The highest BCUT2D eigenvalue weighted by molar-refractivity contribution is 5.93. The maximum absolute atomic E-state index is 13.7. The van der Waals surface area contributed by atoms with E-state index in [1.807, 2.05) is 44.2 Å². The number of alkyl carbamates (subject to hydrolysis) is 2. The van der Waals surface area contributed by atoms with Crippen LogP contribution in [0.4, 0.5) is 9.59 Å². The van der Waals surface area contributed by atoms with Gasteiger partial charge in [-0.05, 0) is 80.2 Å². The minimum absolute atomic E-state index is 0.000357. The van der Waals surface area contributed by atoms with Crippen LogP contribution in [0.15, 0.2) is 78.9 Å². The quantitative estimate of drug-likeness (QED) is 0.106. The highest BCUT2D eigenvalue weighted by atomic mass is 16.6. The topological polar surface area (TPSA) is 172 Å². The molecule has 12 heteroatoms. The fraction of sp³-hybridized carbons (Fsp3) is 0.439. The number of hydrogen-bond donors (Lipinski definition) is 5. The molecule has 1 aliphatic rings. The molecule has 284 valence electrons. The molecule has 0 unspecified atom stereocenters. The molecule has 12 nitrogen and oxygen atoms in total. The largest absolute Gasteiger partial charge is 0.480 e. The predicted octanol–water partition coefficient (Wildman–Crippen LogP) is 5.93. The highest BCUT2D eigenvalue weighted by Gasteiger charge is 2.32. The number of carbonyl (C=O) groups excluding carboxylic acids is 4. The van der Waals surface area contributed by atoms with Crippen molar-refractivity contribution < 1.29 is 38.6 Å². The Morgan fingerprint density at radius 3 is 1.87 bits per heavy atom. The molecule has 1 aliphatic carbocycles. The van der Waals surface area contributed by atoms with Crippen LogP contribution in [0.1, 0.15) is 82.9 Å². The molecule has 3 aromatic carbocycles. The van der Waals surface area contributed by atoms with Crippen molar-refractivity contribution in [3.63, 3.8) is 0 Å². The Morgan fingerprint density at radius 1 is 0.717 bits per heavy atom. The van der Waals surface area contributed by atoms with Crippen LogP contribution < -0.4 is 21.3 Å². The Hall–Kier alpha value is -5.39. The van der Waals surface area contributed by atoms with Crippen molar-refractivity contribution >= 4 is 30.0 Å². The zero-order valence-electron chi connectivity index (χ0n) is 31.1. The van der Waals surface area contributed by atoms with E-state index in [0.717, 1.165) is 27.8 Å². The second-order valence-electron chi connectivity index (χ2n) is 14.7. The molecule has 0 saturated carbocycles. The number of benzene rings is 3. The minimum atomic E-state index is -1.17.